The molecule has 0 bridgehead atoms. The van der Waals surface area contributed by atoms with Gasteiger partial charge in [-0.3, -0.25) is 0 Å². The van der Waals surface area contributed by atoms with E-state index in [4.69, 9.17) is 4.74 Å². The molecule has 2 aromatic carbocycles. The van der Waals surface area contributed by atoms with Crippen molar-refractivity contribution in [3.8, 4) is 16.9 Å². The fourth-order valence-electron chi connectivity index (χ4n) is 2.79. The second-order valence-electron chi connectivity index (χ2n) is 5.97. The molecule has 24 heavy (non-hydrogen) atoms. The fraction of sp³-hybridized carbons (Fsp3) is 0.381. The highest BCUT2D eigenvalue weighted by Gasteiger charge is 2.17. The first-order valence-electron chi connectivity index (χ1n) is 8.78. The molecule has 0 amide bonds. The molecule has 0 radical (unpaired) electrons. The quantitative estimate of drug-likeness (QED) is 0.562. The van der Waals surface area contributed by atoms with E-state index >= 15 is 0 Å². The van der Waals surface area contributed by atoms with Crippen LogP contribution < -0.4 is 4.74 Å². The van der Waals surface area contributed by atoms with Gasteiger partial charge in [0.05, 0.1) is 6.61 Å². The zero-order valence-corrected chi connectivity index (χ0v) is 14.3. The van der Waals surface area contributed by atoms with Gasteiger partial charge in [-0.25, -0.2) is 4.79 Å². The highest BCUT2D eigenvalue weighted by Crippen LogP contribution is 2.31. The van der Waals surface area contributed by atoms with Gasteiger partial charge >= 0.3 is 5.97 Å². The van der Waals surface area contributed by atoms with E-state index in [1.807, 2.05) is 42.5 Å². The van der Waals surface area contributed by atoms with Crippen molar-refractivity contribution < 1.29 is 14.6 Å². The first-order valence-corrected chi connectivity index (χ1v) is 8.78. The maximum atomic E-state index is 11.7. The van der Waals surface area contributed by atoms with Crippen LogP contribution in [0.2, 0.25) is 0 Å². The zero-order chi connectivity index (χ0) is 17.2. The highest BCUT2D eigenvalue weighted by atomic mass is 16.5. The van der Waals surface area contributed by atoms with Crippen LogP contribution >= 0.6 is 0 Å². The number of carboxylic acids is 1. The van der Waals surface area contributed by atoms with E-state index in [1.165, 1.54) is 25.7 Å². The minimum atomic E-state index is -0.951. The molecule has 0 unspecified atom stereocenters. The van der Waals surface area contributed by atoms with E-state index in [2.05, 4.69) is 6.92 Å². The summed E-state index contributed by atoms with van der Waals surface area (Å²) in [7, 11) is 0. The van der Waals surface area contributed by atoms with E-state index < -0.39 is 5.97 Å². The average Bonchev–Trinajstić information content (AvgIpc) is 2.61. The Morgan fingerprint density at radius 3 is 2.33 bits per heavy atom. The summed E-state index contributed by atoms with van der Waals surface area (Å²) in [5, 5.41) is 9.63. The van der Waals surface area contributed by atoms with Crippen molar-refractivity contribution in [2.45, 2.75) is 45.4 Å². The number of carbonyl (C=O) groups is 1. The van der Waals surface area contributed by atoms with Gasteiger partial charge in [-0.1, -0.05) is 81.5 Å². The Morgan fingerprint density at radius 2 is 1.62 bits per heavy atom. The van der Waals surface area contributed by atoms with E-state index in [1.54, 1.807) is 6.07 Å². The van der Waals surface area contributed by atoms with Gasteiger partial charge in [-0.15, -0.1) is 0 Å². The molecule has 0 heterocycles. The van der Waals surface area contributed by atoms with Gasteiger partial charge in [0.1, 0.15) is 11.3 Å². The Bertz CT molecular complexity index is 635. The van der Waals surface area contributed by atoms with Gasteiger partial charge in [-0.2, -0.15) is 0 Å². The van der Waals surface area contributed by atoms with Crippen molar-refractivity contribution in [3.63, 3.8) is 0 Å². The number of benzene rings is 2. The van der Waals surface area contributed by atoms with E-state index in [0.717, 1.165) is 18.4 Å². The van der Waals surface area contributed by atoms with Crippen LogP contribution in [0.3, 0.4) is 0 Å². The molecule has 3 nitrogen and oxygen atoms in total. The highest BCUT2D eigenvalue weighted by molar-refractivity contribution is 5.99. The van der Waals surface area contributed by atoms with Gasteiger partial charge in [0.15, 0.2) is 0 Å². The Labute approximate surface area is 144 Å². The summed E-state index contributed by atoms with van der Waals surface area (Å²) < 4.78 is 5.79. The fourth-order valence-corrected chi connectivity index (χ4v) is 2.79. The number of hydrogen-bond donors (Lipinski definition) is 1. The summed E-state index contributed by atoms with van der Waals surface area (Å²) >= 11 is 0. The Morgan fingerprint density at radius 1 is 0.917 bits per heavy atom. The summed E-state index contributed by atoms with van der Waals surface area (Å²) in [4.78, 5) is 11.7. The van der Waals surface area contributed by atoms with Crippen LogP contribution in [0.25, 0.3) is 11.1 Å². The molecular formula is C21H26O3. The molecule has 0 aliphatic rings. The van der Waals surface area contributed by atoms with Crippen molar-refractivity contribution in [2.75, 3.05) is 6.61 Å². The van der Waals surface area contributed by atoms with Gasteiger partial charge in [-0.05, 0) is 23.6 Å². The molecule has 2 rings (SSSR count). The van der Waals surface area contributed by atoms with Crippen LogP contribution in [0.1, 0.15) is 55.8 Å². The standard InChI is InChI=1S/C21H26O3/c1-2-3-4-5-6-10-16-24-19-15-11-14-18(20(19)21(22)23)17-12-8-7-9-13-17/h7-9,11-15H,2-6,10,16H2,1H3,(H,22,23). The zero-order valence-electron chi connectivity index (χ0n) is 14.3. The lowest BCUT2D eigenvalue weighted by atomic mass is 9.99. The Kier molecular flexibility index (Phi) is 7.34. The van der Waals surface area contributed by atoms with E-state index in [9.17, 15) is 9.90 Å². The number of unbranched alkanes of at least 4 members (excludes halogenated alkanes) is 5. The molecule has 0 fully saturated rings. The second-order valence-corrected chi connectivity index (χ2v) is 5.97. The number of ether oxygens (including phenoxy) is 1. The topological polar surface area (TPSA) is 46.5 Å². The molecule has 2 aromatic rings. The van der Waals surface area contributed by atoms with Gasteiger partial charge in [0, 0.05) is 0 Å². The number of rotatable bonds is 10. The van der Waals surface area contributed by atoms with E-state index in [-0.39, 0.29) is 5.56 Å². The molecule has 128 valence electrons. The van der Waals surface area contributed by atoms with Crippen molar-refractivity contribution in [2.24, 2.45) is 0 Å². The maximum absolute atomic E-state index is 11.7. The van der Waals surface area contributed by atoms with Crippen LogP contribution in [0, 0.1) is 0 Å². The lowest BCUT2D eigenvalue weighted by molar-refractivity contribution is 0.0693. The summed E-state index contributed by atoms with van der Waals surface area (Å²) in [5.41, 5.74) is 1.83. The first kappa shape index (κ1) is 18.1. The minimum absolute atomic E-state index is 0.245. The molecule has 1 N–H and O–H groups in total. The van der Waals surface area contributed by atoms with Crippen LogP contribution in [-0.4, -0.2) is 17.7 Å². The van der Waals surface area contributed by atoms with Gasteiger partial charge in [0.25, 0.3) is 0 Å². The van der Waals surface area contributed by atoms with Crippen LogP contribution in [0.5, 0.6) is 5.75 Å². The summed E-state index contributed by atoms with van der Waals surface area (Å²) in [6, 6.07) is 15.0. The Balaban J connectivity index is 2.04. The third-order valence-corrected chi connectivity index (χ3v) is 4.08. The largest absolute Gasteiger partial charge is 0.493 e. The lowest BCUT2D eigenvalue weighted by Gasteiger charge is -2.13. The van der Waals surface area contributed by atoms with Crippen molar-refractivity contribution in [3.05, 3.63) is 54.1 Å². The second kappa shape index (κ2) is 9.76. The van der Waals surface area contributed by atoms with Crippen LogP contribution in [0.15, 0.2) is 48.5 Å². The maximum Gasteiger partial charge on any atom is 0.340 e. The molecule has 0 saturated heterocycles. The molecule has 3 heteroatoms. The number of hydrogen-bond acceptors (Lipinski definition) is 2. The monoisotopic (exact) mass is 326 g/mol. The molecule has 0 aromatic heterocycles. The van der Waals surface area contributed by atoms with Crippen molar-refractivity contribution >= 4 is 5.97 Å². The summed E-state index contributed by atoms with van der Waals surface area (Å²) in [6.07, 6.45) is 7.08. The van der Waals surface area contributed by atoms with Crippen molar-refractivity contribution in [1.82, 2.24) is 0 Å². The Hall–Kier alpha value is -2.29. The predicted molar refractivity (Wildman–Crippen MR) is 97.7 cm³/mol. The first-order chi connectivity index (χ1) is 11.7. The average molecular weight is 326 g/mol. The van der Waals surface area contributed by atoms with Gasteiger partial charge in [0.2, 0.25) is 0 Å². The van der Waals surface area contributed by atoms with Crippen LogP contribution in [0.4, 0.5) is 0 Å². The normalized spacial score (nSPS) is 10.5. The van der Waals surface area contributed by atoms with Gasteiger partial charge < -0.3 is 9.84 Å². The third-order valence-electron chi connectivity index (χ3n) is 4.08. The van der Waals surface area contributed by atoms with Crippen molar-refractivity contribution in [1.29, 1.82) is 0 Å². The molecule has 0 spiro atoms. The minimum Gasteiger partial charge on any atom is -0.493 e. The van der Waals surface area contributed by atoms with E-state index in [0.29, 0.717) is 17.9 Å². The van der Waals surface area contributed by atoms with Crippen LogP contribution in [-0.2, 0) is 0 Å². The SMILES string of the molecule is CCCCCCCCOc1cccc(-c2ccccc2)c1C(=O)O. The smallest absolute Gasteiger partial charge is 0.340 e. The lowest BCUT2D eigenvalue weighted by Crippen LogP contribution is -2.06. The molecule has 0 atom stereocenters. The predicted octanol–water partition coefficient (Wildman–Crippen LogP) is 5.79. The summed E-state index contributed by atoms with van der Waals surface area (Å²) in [5.74, 6) is -0.496. The summed E-state index contributed by atoms with van der Waals surface area (Å²) in [6.45, 7) is 2.76. The third kappa shape index (κ3) is 5.12. The number of aromatic carboxylic acids is 1. The number of carboxylic acid groups (broad SMARTS) is 1. The molecule has 0 aliphatic heterocycles. The molecule has 0 saturated carbocycles. The molecule has 0 aliphatic carbocycles. The molecular weight excluding hydrogens is 300 g/mol.